The van der Waals surface area contributed by atoms with Gasteiger partial charge in [0.15, 0.2) is 5.76 Å². The zero-order valence-electron chi connectivity index (χ0n) is 14.8. The first-order valence-electron chi connectivity index (χ1n) is 8.78. The average Bonchev–Trinajstić information content (AvgIpc) is 3.24. The van der Waals surface area contributed by atoms with Gasteiger partial charge >= 0.3 is 6.03 Å². The molecular weight excluding hydrogens is 318 g/mol. The molecule has 0 unspecified atom stereocenters. The van der Waals surface area contributed by atoms with Crippen LogP contribution in [0.4, 0.5) is 10.6 Å². The molecule has 3 heterocycles. The minimum Gasteiger partial charge on any atom is -0.370 e. The number of pyridine rings is 1. The number of aromatic nitrogens is 2. The molecule has 0 aliphatic carbocycles. The molecule has 7 nitrogen and oxygen atoms in total. The average molecular weight is 343 g/mol. The van der Waals surface area contributed by atoms with Crippen LogP contribution >= 0.6 is 0 Å². The number of rotatable bonds is 6. The van der Waals surface area contributed by atoms with E-state index in [1.807, 2.05) is 43.1 Å². The number of urea groups is 1. The lowest BCUT2D eigenvalue weighted by Gasteiger charge is -2.23. The number of likely N-dealkylation sites (tertiary alicyclic amines) is 1. The second-order valence-corrected chi connectivity index (χ2v) is 6.46. The number of amides is 2. The Labute approximate surface area is 147 Å². The third kappa shape index (κ3) is 4.49. The summed E-state index contributed by atoms with van der Waals surface area (Å²) in [6, 6.07) is 5.85. The van der Waals surface area contributed by atoms with Gasteiger partial charge in [0, 0.05) is 31.9 Å². The number of hydrogen-bond donors (Lipinski definition) is 2. The van der Waals surface area contributed by atoms with Crippen molar-refractivity contribution in [1.82, 2.24) is 20.4 Å². The van der Waals surface area contributed by atoms with E-state index in [2.05, 4.69) is 20.8 Å². The molecule has 0 saturated carbocycles. The van der Waals surface area contributed by atoms with E-state index in [0.717, 1.165) is 55.2 Å². The van der Waals surface area contributed by atoms with Gasteiger partial charge in [-0.15, -0.1) is 0 Å². The highest BCUT2D eigenvalue weighted by Crippen LogP contribution is 2.32. The number of aryl methyl sites for hydroxylation is 2. The van der Waals surface area contributed by atoms with Crippen molar-refractivity contribution in [1.29, 1.82) is 0 Å². The van der Waals surface area contributed by atoms with Crippen LogP contribution in [0.3, 0.4) is 0 Å². The number of nitrogens with one attached hydrogen (secondary N) is 2. The Kier molecular flexibility index (Phi) is 5.53. The third-order valence-corrected chi connectivity index (χ3v) is 4.34. The minimum atomic E-state index is -0.0370. The second-order valence-electron chi connectivity index (χ2n) is 6.46. The normalized spacial score (nSPS) is 16.9. The fourth-order valence-electron chi connectivity index (χ4n) is 3.02. The van der Waals surface area contributed by atoms with E-state index >= 15 is 0 Å². The van der Waals surface area contributed by atoms with Gasteiger partial charge in [0.25, 0.3) is 0 Å². The molecule has 0 bridgehead atoms. The number of anilines is 1. The molecule has 7 heteroatoms. The Hall–Kier alpha value is -2.57. The fourth-order valence-corrected chi connectivity index (χ4v) is 3.02. The maximum absolute atomic E-state index is 12.4. The third-order valence-electron chi connectivity index (χ3n) is 4.34. The van der Waals surface area contributed by atoms with Gasteiger partial charge in [0.05, 0.1) is 11.7 Å². The van der Waals surface area contributed by atoms with Gasteiger partial charge < -0.3 is 20.1 Å². The van der Waals surface area contributed by atoms with Crippen LogP contribution in [-0.4, -0.2) is 40.7 Å². The Balaban J connectivity index is 1.40. The Morgan fingerprint density at radius 1 is 1.36 bits per heavy atom. The molecule has 1 aliphatic heterocycles. The maximum Gasteiger partial charge on any atom is 0.318 e. The van der Waals surface area contributed by atoms with Crippen molar-refractivity contribution in [3.63, 3.8) is 0 Å². The monoisotopic (exact) mass is 343 g/mol. The van der Waals surface area contributed by atoms with Crippen molar-refractivity contribution < 1.29 is 9.32 Å². The molecule has 0 aromatic carbocycles. The summed E-state index contributed by atoms with van der Waals surface area (Å²) in [7, 11) is 0. The molecule has 2 amide bonds. The smallest absolute Gasteiger partial charge is 0.318 e. The molecule has 1 atom stereocenters. The second kappa shape index (κ2) is 8.00. The lowest BCUT2D eigenvalue weighted by Crippen LogP contribution is -2.40. The van der Waals surface area contributed by atoms with Gasteiger partial charge in [0.1, 0.15) is 5.82 Å². The molecule has 2 N–H and O–H groups in total. The molecular formula is C18H25N5O2. The first-order chi connectivity index (χ1) is 12.1. The molecule has 1 aliphatic rings. The van der Waals surface area contributed by atoms with Crippen molar-refractivity contribution in [2.75, 3.05) is 25.0 Å². The van der Waals surface area contributed by atoms with Gasteiger partial charge in [-0.05, 0) is 44.7 Å². The van der Waals surface area contributed by atoms with Crippen LogP contribution < -0.4 is 10.6 Å². The largest absolute Gasteiger partial charge is 0.370 e. The van der Waals surface area contributed by atoms with E-state index < -0.39 is 0 Å². The van der Waals surface area contributed by atoms with Crippen LogP contribution in [0.25, 0.3) is 0 Å². The summed E-state index contributed by atoms with van der Waals surface area (Å²) in [5, 5.41) is 10.2. The summed E-state index contributed by atoms with van der Waals surface area (Å²) in [5.74, 6) is 1.63. The van der Waals surface area contributed by atoms with E-state index in [1.165, 1.54) is 0 Å². The minimum absolute atomic E-state index is 0.00363. The van der Waals surface area contributed by atoms with Crippen LogP contribution in [0.2, 0.25) is 0 Å². The first-order valence-corrected chi connectivity index (χ1v) is 8.78. The molecule has 2 aromatic heterocycles. The quantitative estimate of drug-likeness (QED) is 0.788. The molecule has 0 radical (unpaired) electrons. The highest BCUT2D eigenvalue weighted by atomic mass is 16.5. The van der Waals surface area contributed by atoms with Gasteiger partial charge in [-0.2, -0.15) is 0 Å². The Morgan fingerprint density at radius 3 is 2.96 bits per heavy atom. The summed E-state index contributed by atoms with van der Waals surface area (Å²) >= 11 is 0. The standard InChI is InChI=1S/C18H25N5O2/c1-13-6-7-17(21-12-13)19-8-4-9-20-18(24)23-10-3-5-15(23)16-11-14(2)22-25-16/h6-7,11-12,15H,3-5,8-10H2,1-2H3,(H,19,21)(H,20,24)/t15-/m0/s1. The van der Waals surface area contributed by atoms with Crippen LogP contribution in [0.1, 0.15) is 42.3 Å². The van der Waals surface area contributed by atoms with Gasteiger partial charge in [0.2, 0.25) is 0 Å². The SMILES string of the molecule is Cc1ccc(NCCCNC(=O)N2CCC[C@H]2c2cc(C)no2)nc1. The van der Waals surface area contributed by atoms with Crippen molar-refractivity contribution in [3.8, 4) is 0 Å². The zero-order valence-corrected chi connectivity index (χ0v) is 14.8. The highest BCUT2D eigenvalue weighted by molar-refractivity contribution is 5.75. The Morgan fingerprint density at radius 2 is 2.24 bits per heavy atom. The van der Waals surface area contributed by atoms with E-state index in [-0.39, 0.29) is 12.1 Å². The van der Waals surface area contributed by atoms with Gasteiger partial charge in [-0.3, -0.25) is 0 Å². The van der Waals surface area contributed by atoms with E-state index in [0.29, 0.717) is 6.54 Å². The molecule has 1 saturated heterocycles. The molecule has 2 aromatic rings. The summed E-state index contributed by atoms with van der Waals surface area (Å²) in [4.78, 5) is 18.6. The summed E-state index contributed by atoms with van der Waals surface area (Å²) < 4.78 is 5.34. The molecule has 3 rings (SSSR count). The number of carbonyl (C=O) groups is 1. The van der Waals surface area contributed by atoms with E-state index in [4.69, 9.17) is 4.52 Å². The summed E-state index contributed by atoms with van der Waals surface area (Å²) in [6.45, 7) is 6.04. The van der Waals surface area contributed by atoms with Crippen LogP contribution in [0.15, 0.2) is 28.9 Å². The molecule has 25 heavy (non-hydrogen) atoms. The first kappa shape index (κ1) is 17.3. The molecule has 0 spiro atoms. The van der Waals surface area contributed by atoms with Crippen LogP contribution in [0.5, 0.6) is 0 Å². The van der Waals surface area contributed by atoms with E-state index in [9.17, 15) is 4.79 Å². The number of hydrogen-bond acceptors (Lipinski definition) is 5. The zero-order chi connectivity index (χ0) is 17.6. The lowest BCUT2D eigenvalue weighted by molar-refractivity contribution is 0.182. The Bertz CT molecular complexity index is 698. The maximum atomic E-state index is 12.4. The van der Waals surface area contributed by atoms with Crippen molar-refractivity contribution in [2.24, 2.45) is 0 Å². The van der Waals surface area contributed by atoms with Crippen molar-refractivity contribution in [2.45, 2.75) is 39.2 Å². The van der Waals surface area contributed by atoms with Crippen LogP contribution in [0, 0.1) is 13.8 Å². The number of nitrogens with zero attached hydrogens (tertiary/aromatic N) is 3. The lowest BCUT2D eigenvalue weighted by atomic mass is 10.1. The number of carbonyl (C=O) groups excluding carboxylic acids is 1. The molecule has 134 valence electrons. The van der Waals surface area contributed by atoms with Crippen molar-refractivity contribution in [3.05, 3.63) is 41.4 Å². The fraction of sp³-hybridized carbons (Fsp3) is 0.500. The van der Waals surface area contributed by atoms with Gasteiger partial charge in [-0.25, -0.2) is 9.78 Å². The van der Waals surface area contributed by atoms with Gasteiger partial charge in [-0.1, -0.05) is 11.2 Å². The molecule has 1 fully saturated rings. The van der Waals surface area contributed by atoms with Crippen molar-refractivity contribution >= 4 is 11.8 Å². The predicted octanol–water partition coefficient (Wildman–Crippen LogP) is 3.04. The topological polar surface area (TPSA) is 83.3 Å². The summed E-state index contributed by atoms with van der Waals surface area (Å²) in [6.07, 6.45) is 4.57. The predicted molar refractivity (Wildman–Crippen MR) is 95.4 cm³/mol. The summed E-state index contributed by atoms with van der Waals surface area (Å²) in [5.41, 5.74) is 1.98. The van der Waals surface area contributed by atoms with E-state index in [1.54, 1.807) is 0 Å². The van der Waals surface area contributed by atoms with Crippen LogP contribution in [-0.2, 0) is 0 Å². The highest BCUT2D eigenvalue weighted by Gasteiger charge is 2.32.